The zero-order valence-electron chi connectivity index (χ0n) is 7.30. The third kappa shape index (κ3) is 2.77. The zero-order chi connectivity index (χ0) is 8.32. The molecule has 0 aromatic carbocycles. The van der Waals surface area contributed by atoms with Crippen LogP contribution in [0.5, 0.6) is 0 Å². The molecule has 1 heterocycles. The van der Waals surface area contributed by atoms with Gasteiger partial charge in [0.05, 0.1) is 13.2 Å². The van der Waals surface area contributed by atoms with Crippen LogP contribution in [-0.4, -0.2) is 25.0 Å². The molecule has 1 aliphatic heterocycles. The second-order valence-corrected chi connectivity index (χ2v) is 3.35. The monoisotopic (exact) mass is 159 g/mol. The predicted octanol–water partition coefficient (Wildman–Crippen LogP) is 0.877. The maximum absolute atomic E-state index is 5.62. The van der Waals surface area contributed by atoms with Crippen LogP contribution in [0.2, 0.25) is 0 Å². The molecular formula is C8H17NO2. The first-order chi connectivity index (χ1) is 5.12. The van der Waals surface area contributed by atoms with Crippen molar-refractivity contribution in [3.63, 3.8) is 0 Å². The van der Waals surface area contributed by atoms with Gasteiger partial charge in [-0.1, -0.05) is 0 Å². The van der Waals surface area contributed by atoms with E-state index in [1.165, 1.54) is 0 Å². The quantitative estimate of drug-likeness (QED) is 0.664. The highest BCUT2D eigenvalue weighted by atomic mass is 16.7. The van der Waals surface area contributed by atoms with Gasteiger partial charge in [0.2, 0.25) is 0 Å². The van der Waals surface area contributed by atoms with Crippen molar-refractivity contribution in [2.75, 3.05) is 13.2 Å². The second kappa shape index (κ2) is 3.52. The zero-order valence-corrected chi connectivity index (χ0v) is 7.30. The molecule has 2 N–H and O–H groups in total. The predicted molar refractivity (Wildman–Crippen MR) is 43.2 cm³/mol. The van der Waals surface area contributed by atoms with Crippen molar-refractivity contribution in [3.8, 4) is 0 Å². The summed E-state index contributed by atoms with van der Waals surface area (Å²) in [5.41, 5.74) is 5.62. The summed E-state index contributed by atoms with van der Waals surface area (Å²) in [4.78, 5) is 0. The van der Waals surface area contributed by atoms with Crippen LogP contribution < -0.4 is 5.73 Å². The van der Waals surface area contributed by atoms with E-state index < -0.39 is 0 Å². The highest BCUT2D eigenvalue weighted by molar-refractivity contribution is 4.70. The Morgan fingerprint density at radius 3 is 2.45 bits per heavy atom. The maximum Gasteiger partial charge on any atom is 0.165 e. The molecule has 0 aromatic rings. The molecule has 0 radical (unpaired) electrons. The summed E-state index contributed by atoms with van der Waals surface area (Å²) >= 11 is 0. The normalized spacial score (nSPS) is 25.4. The van der Waals surface area contributed by atoms with Crippen LogP contribution in [0.25, 0.3) is 0 Å². The smallest absolute Gasteiger partial charge is 0.165 e. The number of ether oxygens (including phenoxy) is 2. The third-order valence-corrected chi connectivity index (χ3v) is 1.95. The molecule has 1 fully saturated rings. The van der Waals surface area contributed by atoms with E-state index >= 15 is 0 Å². The van der Waals surface area contributed by atoms with Gasteiger partial charge in [-0.25, -0.2) is 0 Å². The van der Waals surface area contributed by atoms with Gasteiger partial charge in [-0.2, -0.15) is 0 Å². The fourth-order valence-electron chi connectivity index (χ4n) is 1.19. The molecule has 3 nitrogen and oxygen atoms in total. The van der Waals surface area contributed by atoms with Gasteiger partial charge in [-0.3, -0.25) is 0 Å². The lowest BCUT2D eigenvalue weighted by molar-refractivity contribution is -0.147. The van der Waals surface area contributed by atoms with Crippen LogP contribution in [0.4, 0.5) is 0 Å². The number of rotatable bonds is 3. The molecule has 0 bridgehead atoms. The lowest BCUT2D eigenvalue weighted by Gasteiger charge is -2.22. The summed E-state index contributed by atoms with van der Waals surface area (Å²) < 4.78 is 10.8. The average molecular weight is 159 g/mol. The minimum Gasteiger partial charge on any atom is -0.348 e. The van der Waals surface area contributed by atoms with E-state index in [4.69, 9.17) is 15.2 Å². The summed E-state index contributed by atoms with van der Waals surface area (Å²) in [7, 11) is 0. The molecule has 1 saturated heterocycles. The number of nitrogens with two attached hydrogens (primary N) is 1. The van der Waals surface area contributed by atoms with Gasteiger partial charge in [0.15, 0.2) is 5.79 Å². The Morgan fingerprint density at radius 1 is 1.45 bits per heavy atom. The number of hydrogen-bond donors (Lipinski definition) is 1. The van der Waals surface area contributed by atoms with E-state index in [-0.39, 0.29) is 11.8 Å². The lowest BCUT2D eigenvalue weighted by Crippen LogP contribution is -2.28. The van der Waals surface area contributed by atoms with E-state index in [0.29, 0.717) is 0 Å². The molecule has 3 heteroatoms. The Balaban J connectivity index is 2.23. The maximum atomic E-state index is 5.62. The van der Waals surface area contributed by atoms with Crippen molar-refractivity contribution < 1.29 is 9.47 Å². The summed E-state index contributed by atoms with van der Waals surface area (Å²) in [5.74, 6) is -0.354. The number of hydrogen-bond acceptors (Lipinski definition) is 3. The first-order valence-corrected chi connectivity index (χ1v) is 4.16. The van der Waals surface area contributed by atoms with Gasteiger partial charge in [0, 0.05) is 12.5 Å². The van der Waals surface area contributed by atoms with E-state index in [1.54, 1.807) is 0 Å². The van der Waals surface area contributed by atoms with Gasteiger partial charge in [0.1, 0.15) is 0 Å². The molecule has 0 amide bonds. The molecule has 66 valence electrons. The fourth-order valence-corrected chi connectivity index (χ4v) is 1.19. The van der Waals surface area contributed by atoms with Crippen molar-refractivity contribution in [1.29, 1.82) is 0 Å². The SMILES string of the molecule is C[C@H](N)CCC1(C)OCCO1. The van der Waals surface area contributed by atoms with E-state index in [0.717, 1.165) is 26.1 Å². The Hall–Kier alpha value is -0.120. The van der Waals surface area contributed by atoms with Crippen LogP contribution >= 0.6 is 0 Å². The highest BCUT2D eigenvalue weighted by Crippen LogP contribution is 2.24. The minimum absolute atomic E-state index is 0.236. The molecule has 1 aliphatic rings. The summed E-state index contributed by atoms with van der Waals surface area (Å²) in [6, 6.07) is 0.236. The van der Waals surface area contributed by atoms with E-state index in [9.17, 15) is 0 Å². The highest BCUT2D eigenvalue weighted by Gasteiger charge is 2.30. The third-order valence-electron chi connectivity index (χ3n) is 1.95. The molecule has 0 aromatic heterocycles. The van der Waals surface area contributed by atoms with Gasteiger partial charge in [-0.15, -0.1) is 0 Å². The molecule has 1 atom stereocenters. The summed E-state index contributed by atoms with van der Waals surface area (Å²) in [6.45, 7) is 5.41. The van der Waals surface area contributed by atoms with Crippen molar-refractivity contribution in [3.05, 3.63) is 0 Å². The van der Waals surface area contributed by atoms with Crippen LogP contribution in [0, 0.1) is 0 Å². The molecule has 0 unspecified atom stereocenters. The Bertz CT molecular complexity index is 119. The largest absolute Gasteiger partial charge is 0.348 e. The van der Waals surface area contributed by atoms with Gasteiger partial charge in [-0.05, 0) is 20.3 Å². The fraction of sp³-hybridized carbons (Fsp3) is 1.00. The molecule has 1 rings (SSSR count). The second-order valence-electron chi connectivity index (χ2n) is 3.35. The summed E-state index contributed by atoms with van der Waals surface area (Å²) in [5, 5.41) is 0. The lowest BCUT2D eigenvalue weighted by atomic mass is 10.1. The van der Waals surface area contributed by atoms with Crippen molar-refractivity contribution in [2.24, 2.45) is 5.73 Å². The standard InChI is InChI=1S/C8H17NO2/c1-7(9)3-4-8(2)10-5-6-11-8/h7H,3-6,9H2,1-2H3/t7-/m0/s1. The topological polar surface area (TPSA) is 44.5 Å². The molecule has 0 saturated carbocycles. The van der Waals surface area contributed by atoms with Gasteiger partial charge in [0.25, 0.3) is 0 Å². The molecule has 0 spiro atoms. The van der Waals surface area contributed by atoms with Crippen LogP contribution in [0.3, 0.4) is 0 Å². The molecule has 11 heavy (non-hydrogen) atoms. The minimum atomic E-state index is -0.354. The van der Waals surface area contributed by atoms with Crippen molar-refractivity contribution >= 4 is 0 Å². The Kier molecular flexibility index (Phi) is 2.87. The molecule has 0 aliphatic carbocycles. The first kappa shape index (κ1) is 8.97. The Labute approximate surface area is 67.9 Å². The molecular weight excluding hydrogens is 142 g/mol. The van der Waals surface area contributed by atoms with E-state index in [1.807, 2.05) is 13.8 Å². The van der Waals surface area contributed by atoms with Crippen LogP contribution in [0.1, 0.15) is 26.7 Å². The average Bonchev–Trinajstić information content (AvgIpc) is 2.33. The van der Waals surface area contributed by atoms with E-state index in [2.05, 4.69) is 0 Å². The van der Waals surface area contributed by atoms with Crippen molar-refractivity contribution in [2.45, 2.75) is 38.5 Å². The van der Waals surface area contributed by atoms with Crippen LogP contribution in [0.15, 0.2) is 0 Å². The van der Waals surface area contributed by atoms with Crippen molar-refractivity contribution in [1.82, 2.24) is 0 Å². The van der Waals surface area contributed by atoms with Gasteiger partial charge < -0.3 is 15.2 Å². The van der Waals surface area contributed by atoms with Crippen LogP contribution in [-0.2, 0) is 9.47 Å². The summed E-state index contributed by atoms with van der Waals surface area (Å²) in [6.07, 6.45) is 1.85. The first-order valence-electron chi connectivity index (χ1n) is 4.16. The Morgan fingerprint density at radius 2 is 2.00 bits per heavy atom. The van der Waals surface area contributed by atoms with Gasteiger partial charge >= 0.3 is 0 Å².